The first-order valence-corrected chi connectivity index (χ1v) is 8.80. The zero-order valence-corrected chi connectivity index (χ0v) is 13.9. The third-order valence-corrected chi connectivity index (χ3v) is 5.09. The molecule has 5 heteroatoms. The molecule has 2 aliphatic rings. The lowest BCUT2D eigenvalue weighted by molar-refractivity contribution is -0.145. The zero-order valence-electron chi connectivity index (χ0n) is 13.9. The average molecular weight is 333 g/mol. The van der Waals surface area contributed by atoms with Gasteiger partial charge < -0.3 is 10.1 Å². The van der Waals surface area contributed by atoms with Crippen LogP contribution in [0, 0.1) is 11.7 Å². The molecule has 1 amide bonds. The van der Waals surface area contributed by atoms with Gasteiger partial charge in [-0.1, -0.05) is 31.4 Å². The van der Waals surface area contributed by atoms with Crippen LogP contribution >= 0.6 is 0 Å². The Hall–Kier alpha value is -1.91. The fourth-order valence-corrected chi connectivity index (χ4v) is 3.46. The van der Waals surface area contributed by atoms with Crippen LogP contribution in [-0.2, 0) is 19.7 Å². The van der Waals surface area contributed by atoms with Crippen LogP contribution in [0.1, 0.15) is 50.5 Å². The first kappa shape index (κ1) is 16.9. The molecule has 0 radical (unpaired) electrons. The summed E-state index contributed by atoms with van der Waals surface area (Å²) >= 11 is 0. The molecule has 0 atom stereocenters. The van der Waals surface area contributed by atoms with Crippen molar-refractivity contribution in [2.24, 2.45) is 5.92 Å². The van der Waals surface area contributed by atoms with Gasteiger partial charge in [0.25, 0.3) is 0 Å². The Labute approximate surface area is 141 Å². The van der Waals surface area contributed by atoms with Gasteiger partial charge in [0.05, 0.1) is 12.0 Å². The van der Waals surface area contributed by atoms with Crippen molar-refractivity contribution < 1.29 is 18.7 Å². The van der Waals surface area contributed by atoms with Crippen molar-refractivity contribution >= 4 is 11.9 Å². The smallest absolute Gasteiger partial charge is 0.325 e. The molecule has 24 heavy (non-hydrogen) atoms. The molecule has 1 aromatic carbocycles. The third kappa shape index (κ3) is 3.94. The maximum absolute atomic E-state index is 13.6. The zero-order chi connectivity index (χ0) is 17.0. The molecule has 0 aromatic heterocycles. The molecular weight excluding hydrogens is 309 g/mol. The predicted octanol–water partition coefficient (Wildman–Crippen LogP) is 3.10. The number of carbonyl (C=O) groups excluding carboxylic acids is 2. The summed E-state index contributed by atoms with van der Waals surface area (Å²) in [5.41, 5.74) is -0.0389. The van der Waals surface area contributed by atoms with E-state index in [1.807, 2.05) is 0 Å². The molecule has 2 aliphatic carbocycles. The van der Waals surface area contributed by atoms with Crippen molar-refractivity contribution in [3.05, 3.63) is 35.6 Å². The highest BCUT2D eigenvalue weighted by molar-refractivity contribution is 5.90. The number of hydrogen-bond acceptors (Lipinski definition) is 3. The van der Waals surface area contributed by atoms with E-state index in [1.54, 1.807) is 12.1 Å². The topological polar surface area (TPSA) is 55.4 Å². The summed E-state index contributed by atoms with van der Waals surface area (Å²) in [6, 6.07) is 6.26. The maximum atomic E-state index is 13.6. The minimum absolute atomic E-state index is 0.122. The summed E-state index contributed by atoms with van der Waals surface area (Å²) in [7, 11) is 0. The number of halogens is 1. The maximum Gasteiger partial charge on any atom is 0.325 e. The highest BCUT2D eigenvalue weighted by atomic mass is 19.1. The van der Waals surface area contributed by atoms with Crippen LogP contribution in [0.5, 0.6) is 0 Å². The minimum atomic E-state index is -0.739. The fourth-order valence-electron chi connectivity index (χ4n) is 3.46. The van der Waals surface area contributed by atoms with Crippen molar-refractivity contribution in [1.29, 1.82) is 0 Å². The molecule has 0 bridgehead atoms. The van der Waals surface area contributed by atoms with Gasteiger partial charge in [0.2, 0.25) is 5.91 Å². The van der Waals surface area contributed by atoms with Gasteiger partial charge in [0, 0.05) is 0 Å². The van der Waals surface area contributed by atoms with E-state index in [9.17, 15) is 14.0 Å². The summed E-state index contributed by atoms with van der Waals surface area (Å²) in [6.07, 6.45) is 6.52. The Morgan fingerprint density at radius 1 is 1.21 bits per heavy atom. The highest BCUT2D eigenvalue weighted by Gasteiger charge is 2.41. The summed E-state index contributed by atoms with van der Waals surface area (Å²) < 4.78 is 18.8. The molecule has 0 unspecified atom stereocenters. The number of rotatable bonds is 6. The second-order valence-corrected chi connectivity index (χ2v) is 6.96. The van der Waals surface area contributed by atoms with Gasteiger partial charge >= 0.3 is 5.97 Å². The number of amides is 1. The van der Waals surface area contributed by atoms with E-state index in [2.05, 4.69) is 5.32 Å². The van der Waals surface area contributed by atoms with Gasteiger partial charge in [-0.15, -0.1) is 0 Å². The van der Waals surface area contributed by atoms with Gasteiger partial charge in [-0.3, -0.25) is 9.59 Å². The Morgan fingerprint density at radius 2 is 1.96 bits per heavy atom. The van der Waals surface area contributed by atoms with E-state index >= 15 is 0 Å². The van der Waals surface area contributed by atoms with E-state index in [0.29, 0.717) is 30.9 Å². The minimum Gasteiger partial charge on any atom is -0.464 e. The first-order valence-electron chi connectivity index (χ1n) is 8.80. The van der Waals surface area contributed by atoms with E-state index in [4.69, 9.17) is 4.74 Å². The molecule has 0 heterocycles. The highest BCUT2D eigenvalue weighted by Crippen LogP contribution is 2.40. The van der Waals surface area contributed by atoms with E-state index < -0.39 is 11.4 Å². The van der Waals surface area contributed by atoms with Crippen LogP contribution in [0.4, 0.5) is 4.39 Å². The van der Waals surface area contributed by atoms with Crippen LogP contribution in [0.2, 0.25) is 0 Å². The van der Waals surface area contributed by atoms with Crippen molar-refractivity contribution in [3.63, 3.8) is 0 Å². The lowest BCUT2D eigenvalue weighted by Gasteiger charge is -2.36. The fraction of sp³-hybridized carbons (Fsp3) is 0.579. The van der Waals surface area contributed by atoms with E-state index in [0.717, 1.165) is 32.1 Å². The van der Waals surface area contributed by atoms with Crippen LogP contribution in [0.15, 0.2) is 24.3 Å². The monoisotopic (exact) mass is 333 g/mol. The third-order valence-electron chi connectivity index (χ3n) is 5.09. The normalized spacial score (nSPS) is 19.5. The number of carbonyl (C=O) groups is 2. The Morgan fingerprint density at radius 3 is 2.62 bits per heavy atom. The second-order valence-electron chi connectivity index (χ2n) is 6.96. The quantitative estimate of drug-likeness (QED) is 0.814. The molecule has 0 aliphatic heterocycles. The van der Waals surface area contributed by atoms with Gasteiger partial charge in [-0.2, -0.15) is 0 Å². The summed E-state index contributed by atoms with van der Waals surface area (Å²) in [5.74, 6) is -0.438. The number of ether oxygens (including phenoxy) is 1. The van der Waals surface area contributed by atoms with Crippen molar-refractivity contribution in [2.45, 2.75) is 50.4 Å². The van der Waals surface area contributed by atoms with Gasteiger partial charge in [-0.05, 0) is 49.3 Å². The Balaban J connectivity index is 1.66. The molecule has 3 rings (SSSR count). The standard InChI is InChI=1S/C19H24FNO3/c20-16-6-4-5-15(11-16)19(9-2-1-3-10-19)18(23)21-12-17(22)24-13-14-7-8-14/h4-6,11,14H,1-3,7-10,12-13H2,(H,21,23). The van der Waals surface area contributed by atoms with Crippen LogP contribution < -0.4 is 5.32 Å². The van der Waals surface area contributed by atoms with E-state index in [-0.39, 0.29) is 18.3 Å². The van der Waals surface area contributed by atoms with Crippen LogP contribution in [0.25, 0.3) is 0 Å². The lowest BCUT2D eigenvalue weighted by Crippen LogP contribution is -2.47. The molecule has 1 N–H and O–H groups in total. The largest absolute Gasteiger partial charge is 0.464 e. The van der Waals surface area contributed by atoms with Gasteiger partial charge in [0.1, 0.15) is 12.4 Å². The molecule has 2 saturated carbocycles. The molecular formula is C19H24FNO3. The molecule has 1 aromatic rings. The van der Waals surface area contributed by atoms with E-state index in [1.165, 1.54) is 12.1 Å². The molecule has 0 spiro atoms. The van der Waals surface area contributed by atoms with Gasteiger partial charge in [0.15, 0.2) is 0 Å². The van der Waals surface area contributed by atoms with Gasteiger partial charge in [-0.25, -0.2) is 4.39 Å². The number of hydrogen-bond donors (Lipinski definition) is 1. The molecule has 2 fully saturated rings. The van der Waals surface area contributed by atoms with Crippen molar-refractivity contribution in [1.82, 2.24) is 5.32 Å². The Kier molecular flexibility index (Phi) is 5.17. The summed E-state index contributed by atoms with van der Waals surface area (Å²) in [6.45, 7) is 0.326. The van der Waals surface area contributed by atoms with Crippen molar-refractivity contribution in [2.75, 3.05) is 13.2 Å². The Bertz CT molecular complexity index is 606. The number of esters is 1. The number of nitrogens with one attached hydrogen (secondary N) is 1. The van der Waals surface area contributed by atoms with Crippen LogP contribution in [0.3, 0.4) is 0 Å². The second kappa shape index (κ2) is 7.32. The molecule has 4 nitrogen and oxygen atoms in total. The SMILES string of the molecule is O=C(CNC(=O)C1(c2cccc(F)c2)CCCCC1)OCC1CC1. The summed E-state index contributed by atoms with van der Waals surface area (Å²) in [4.78, 5) is 24.6. The van der Waals surface area contributed by atoms with Crippen LogP contribution in [-0.4, -0.2) is 25.0 Å². The number of benzene rings is 1. The predicted molar refractivity (Wildman–Crippen MR) is 87.9 cm³/mol. The molecule has 130 valence electrons. The first-order chi connectivity index (χ1) is 11.6. The van der Waals surface area contributed by atoms with Crippen molar-refractivity contribution in [3.8, 4) is 0 Å². The summed E-state index contributed by atoms with van der Waals surface area (Å²) in [5, 5.41) is 2.72. The lowest BCUT2D eigenvalue weighted by atomic mass is 9.68. The molecule has 0 saturated heterocycles. The average Bonchev–Trinajstić information content (AvgIpc) is 3.43.